The topological polar surface area (TPSA) is 108 Å². The van der Waals surface area contributed by atoms with Gasteiger partial charge in [-0.05, 0) is 66.7 Å². The number of carbonyl (C=O) groups excluding carboxylic acids is 1. The molecule has 3 aromatic carbocycles. The van der Waals surface area contributed by atoms with Crippen LogP contribution in [0.2, 0.25) is 0 Å². The molecule has 2 aliphatic rings. The Morgan fingerprint density at radius 2 is 1.50 bits per heavy atom. The third kappa shape index (κ3) is 5.23. The number of fused-ring (bicyclic) bond motifs is 1. The summed E-state index contributed by atoms with van der Waals surface area (Å²) in [5.74, 6) is 0.946. The Balaban J connectivity index is 0.00000185. The lowest BCUT2D eigenvalue weighted by Crippen LogP contribution is -2.40. The van der Waals surface area contributed by atoms with Crippen LogP contribution in [0.5, 0.6) is 0 Å². The minimum atomic E-state index is -2.91. The van der Waals surface area contributed by atoms with Crippen molar-refractivity contribution >= 4 is 43.8 Å². The van der Waals surface area contributed by atoms with Crippen LogP contribution >= 0.6 is 0 Å². The standard InChI is InChI=1S/C28H29N5O4S.2H2/c34-28(21-3-8-23(9-4-21)32-11-15-37-16-12-32)29-22-5-10-25-26(19-22)31-27(30-25)20-1-6-24(7-2-20)33-13-17-38(35,36)18-14-33;;/h1-10,19H,11-18H2,(H,29,34)(H,30,31);2*1H. The largest absolute Gasteiger partial charge is 0.378 e. The van der Waals surface area contributed by atoms with E-state index in [-0.39, 0.29) is 20.3 Å². The number of hydrogen-bond acceptors (Lipinski definition) is 7. The second kappa shape index (κ2) is 10.1. The van der Waals surface area contributed by atoms with E-state index in [1.807, 2.05) is 66.7 Å². The van der Waals surface area contributed by atoms with Crippen LogP contribution in [0.15, 0.2) is 66.7 Å². The monoisotopic (exact) mass is 535 g/mol. The van der Waals surface area contributed by atoms with Crippen LogP contribution in [0.1, 0.15) is 13.2 Å². The van der Waals surface area contributed by atoms with Gasteiger partial charge in [-0.15, -0.1) is 0 Å². The first kappa shape index (κ1) is 24.4. The Hall–Kier alpha value is -3.89. The molecule has 2 fully saturated rings. The van der Waals surface area contributed by atoms with Gasteiger partial charge in [0.1, 0.15) is 5.82 Å². The minimum absolute atomic E-state index is 0. The molecule has 200 valence electrons. The van der Waals surface area contributed by atoms with Crippen molar-refractivity contribution in [3.63, 3.8) is 0 Å². The van der Waals surface area contributed by atoms with E-state index in [0.717, 1.165) is 60.1 Å². The highest BCUT2D eigenvalue weighted by Crippen LogP contribution is 2.26. The number of anilines is 3. The molecular weight excluding hydrogens is 502 g/mol. The summed E-state index contributed by atoms with van der Waals surface area (Å²) >= 11 is 0. The molecule has 1 aromatic heterocycles. The maximum atomic E-state index is 12.9. The Kier molecular flexibility index (Phi) is 6.50. The highest BCUT2D eigenvalue weighted by atomic mass is 32.2. The Labute approximate surface area is 224 Å². The molecule has 0 spiro atoms. The minimum Gasteiger partial charge on any atom is -0.378 e. The van der Waals surface area contributed by atoms with Crippen molar-refractivity contribution in [3.8, 4) is 11.4 Å². The zero-order valence-corrected chi connectivity index (χ0v) is 21.7. The maximum absolute atomic E-state index is 12.9. The number of hydrogen-bond donors (Lipinski definition) is 2. The number of carbonyl (C=O) groups is 1. The van der Waals surface area contributed by atoms with Gasteiger partial charge in [-0.3, -0.25) is 4.79 Å². The summed E-state index contributed by atoms with van der Waals surface area (Å²) in [4.78, 5) is 25.2. The van der Waals surface area contributed by atoms with E-state index in [1.54, 1.807) is 0 Å². The van der Waals surface area contributed by atoms with Crippen molar-refractivity contribution in [1.29, 1.82) is 0 Å². The number of aromatic nitrogens is 2. The van der Waals surface area contributed by atoms with Crippen molar-refractivity contribution in [3.05, 3.63) is 72.3 Å². The van der Waals surface area contributed by atoms with Gasteiger partial charge in [-0.2, -0.15) is 0 Å². The number of nitrogens with zero attached hydrogens (tertiary/aromatic N) is 3. The summed E-state index contributed by atoms with van der Waals surface area (Å²) in [5.41, 5.74) is 5.93. The molecule has 38 heavy (non-hydrogen) atoms. The molecule has 0 atom stereocenters. The number of aromatic amines is 1. The van der Waals surface area contributed by atoms with E-state index >= 15 is 0 Å². The van der Waals surface area contributed by atoms with Crippen LogP contribution in [0, 0.1) is 0 Å². The summed E-state index contributed by atoms with van der Waals surface area (Å²) in [6.07, 6.45) is 0. The van der Waals surface area contributed by atoms with E-state index in [0.29, 0.717) is 24.3 Å². The van der Waals surface area contributed by atoms with Crippen LogP contribution in [0.4, 0.5) is 17.1 Å². The van der Waals surface area contributed by atoms with E-state index < -0.39 is 9.84 Å². The lowest BCUT2D eigenvalue weighted by Gasteiger charge is -2.28. The van der Waals surface area contributed by atoms with Crippen LogP contribution in [0.25, 0.3) is 22.4 Å². The molecule has 0 saturated carbocycles. The number of amides is 1. The molecule has 9 nitrogen and oxygen atoms in total. The zero-order valence-electron chi connectivity index (χ0n) is 20.9. The van der Waals surface area contributed by atoms with Crippen molar-refractivity contribution in [2.45, 2.75) is 0 Å². The van der Waals surface area contributed by atoms with E-state index in [9.17, 15) is 13.2 Å². The Morgan fingerprint density at radius 3 is 2.18 bits per heavy atom. The number of rotatable bonds is 5. The number of sulfone groups is 1. The average molecular weight is 536 g/mol. The van der Waals surface area contributed by atoms with Gasteiger partial charge in [0.05, 0.1) is 35.8 Å². The lowest BCUT2D eigenvalue weighted by molar-refractivity contribution is 0.102. The molecule has 0 unspecified atom stereocenters. The van der Waals surface area contributed by atoms with Crippen molar-refractivity contribution < 1.29 is 20.8 Å². The van der Waals surface area contributed by atoms with Gasteiger partial charge in [0.2, 0.25) is 0 Å². The first-order valence-electron chi connectivity index (χ1n) is 12.7. The number of morpholine rings is 1. The predicted molar refractivity (Wildman–Crippen MR) is 154 cm³/mol. The van der Waals surface area contributed by atoms with Gasteiger partial charge >= 0.3 is 0 Å². The van der Waals surface area contributed by atoms with Gasteiger partial charge in [-0.1, -0.05) is 0 Å². The first-order chi connectivity index (χ1) is 18.4. The molecule has 4 aromatic rings. The Morgan fingerprint density at radius 1 is 0.868 bits per heavy atom. The van der Waals surface area contributed by atoms with E-state index in [2.05, 4.69) is 20.1 Å². The molecule has 10 heteroatoms. The summed E-state index contributed by atoms with van der Waals surface area (Å²) in [6.45, 7) is 4.17. The summed E-state index contributed by atoms with van der Waals surface area (Å²) in [5, 5.41) is 2.98. The van der Waals surface area contributed by atoms with Gasteiger partial charge in [0, 0.05) is 57.2 Å². The highest BCUT2D eigenvalue weighted by Gasteiger charge is 2.22. The van der Waals surface area contributed by atoms with Gasteiger partial charge in [-0.25, -0.2) is 13.4 Å². The molecule has 0 bridgehead atoms. The first-order valence-corrected chi connectivity index (χ1v) is 14.6. The molecule has 1 amide bonds. The van der Waals surface area contributed by atoms with Gasteiger partial charge in [0.15, 0.2) is 9.84 Å². The van der Waals surface area contributed by atoms with Crippen LogP contribution in [0.3, 0.4) is 0 Å². The molecule has 0 aliphatic carbocycles. The van der Waals surface area contributed by atoms with Gasteiger partial charge in [0.25, 0.3) is 5.91 Å². The normalized spacial score (nSPS) is 17.5. The lowest BCUT2D eigenvalue weighted by atomic mass is 10.1. The summed E-state index contributed by atoms with van der Waals surface area (Å²) in [6, 6.07) is 21.2. The molecule has 3 heterocycles. The van der Waals surface area contributed by atoms with E-state index in [4.69, 9.17) is 9.72 Å². The third-order valence-electron chi connectivity index (χ3n) is 7.10. The third-order valence-corrected chi connectivity index (χ3v) is 8.70. The molecule has 2 N–H and O–H groups in total. The average Bonchev–Trinajstić information content (AvgIpc) is 3.37. The van der Waals surface area contributed by atoms with E-state index in [1.165, 1.54) is 0 Å². The number of nitrogens with one attached hydrogen (secondary N) is 2. The number of H-pyrrole nitrogens is 1. The molecule has 6 rings (SSSR count). The zero-order chi connectivity index (χ0) is 26.1. The van der Waals surface area contributed by atoms with Crippen molar-refractivity contribution in [1.82, 2.24) is 9.97 Å². The maximum Gasteiger partial charge on any atom is 0.255 e. The smallest absolute Gasteiger partial charge is 0.255 e. The predicted octanol–water partition coefficient (Wildman–Crippen LogP) is 4.05. The SMILES string of the molecule is O=C(Nc1ccc2nc(-c3ccc(N4CCS(=O)(=O)CC4)cc3)[nH]c2c1)c1ccc(N2CCOCC2)cc1.[HH].[HH]. The molecule has 2 saturated heterocycles. The second-order valence-electron chi connectivity index (χ2n) is 9.60. The summed E-state index contributed by atoms with van der Waals surface area (Å²) < 4.78 is 28.8. The quantitative estimate of drug-likeness (QED) is 0.397. The fourth-order valence-corrected chi connectivity index (χ4v) is 6.07. The van der Waals surface area contributed by atoms with Gasteiger partial charge < -0.3 is 24.8 Å². The second-order valence-corrected chi connectivity index (χ2v) is 11.9. The molecule has 0 radical (unpaired) electrons. The summed E-state index contributed by atoms with van der Waals surface area (Å²) in [7, 11) is -2.91. The number of benzene rings is 3. The van der Waals surface area contributed by atoms with Crippen molar-refractivity contribution in [2.24, 2.45) is 0 Å². The number of ether oxygens (including phenoxy) is 1. The van der Waals surface area contributed by atoms with Crippen molar-refractivity contribution in [2.75, 3.05) is 66.0 Å². The highest BCUT2D eigenvalue weighted by molar-refractivity contribution is 7.91. The fourth-order valence-electron chi connectivity index (χ4n) is 4.87. The van der Waals surface area contributed by atoms with Crippen LogP contribution in [-0.2, 0) is 14.6 Å². The number of imidazole rings is 1. The van der Waals surface area contributed by atoms with Crippen LogP contribution < -0.4 is 15.1 Å². The molecule has 2 aliphatic heterocycles. The Bertz CT molecular complexity index is 1560. The molecular formula is C28H33N5O4S. The fraction of sp³-hybridized carbons (Fsp3) is 0.286. The van der Waals surface area contributed by atoms with Crippen LogP contribution in [-0.4, -0.2) is 75.2 Å².